The largest absolute Gasteiger partial charge is 0.320 e. The molecule has 0 aliphatic heterocycles. The van der Waals surface area contributed by atoms with E-state index >= 15 is 0 Å². The fourth-order valence-electron chi connectivity index (χ4n) is 0.912. The summed E-state index contributed by atoms with van der Waals surface area (Å²) in [6.45, 7) is 3.93. The van der Waals surface area contributed by atoms with Gasteiger partial charge >= 0.3 is 0 Å². The first-order valence-corrected chi connectivity index (χ1v) is 5.50. The topological polar surface area (TPSA) is 68.0 Å². The lowest BCUT2D eigenvalue weighted by molar-refractivity contribution is -0.117. The Hall–Kier alpha value is -0.940. The van der Waals surface area contributed by atoms with Crippen molar-refractivity contribution < 1.29 is 4.79 Å². The van der Waals surface area contributed by atoms with Gasteiger partial charge in [-0.2, -0.15) is 0 Å². The number of amides is 1. The SMILES string of the molecule is CCc1cnc(NC(=O)C(N)CC)s1. The molecule has 0 spiro atoms. The van der Waals surface area contributed by atoms with Crippen molar-refractivity contribution >= 4 is 22.4 Å². The Kier molecular flexibility index (Phi) is 4.03. The fourth-order valence-corrected chi connectivity index (χ4v) is 1.67. The molecule has 0 saturated carbocycles. The second-order valence-corrected chi connectivity index (χ2v) is 4.10. The number of carbonyl (C=O) groups is 1. The van der Waals surface area contributed by atoms with Gasteiger partial charge in [-0.25, -0.2) is 4.98 Å². The van der Waals surface area contributed by atoms with Crippen LogP contribution < -0.4 is 11.1 Å². The van der Waals surface area contributed by atoms with E-state index in [9.17, 15) is 4.79 Å². The third kappa shape index (κ3) is 2.78. The van der Waals surface area contributed by atoms with Crippen LogP contribution >= 0.6 is 11.3 Å². The number of nitrogens with zero attached hydrogens (tertiary/aromatic N) is 1. The van der Waals surface area contributed by atoms with E-state index in [1.165, 1.54) is 11.3 Å². The van der Waals surface area contributed by atoms with Gasteiger partial charge in [0.25, 0.3) is 0 Å². The number of nitrogens with one attached hydrogen (secondary N) is 1. The van der Waals surface area contributed by atoms with Gasteiger partial charge in [0, 0.05) is 11.1 Å². The predicted octanol–water partition coefficient (Wildman–Crippen LogP) is 1.38. The quantitative estimate of drug-likeness (QED) is 0.794. The van der Waals surface area contributed by atoms with Crippen molar-refractivity contribution in [2.75, 3.05) is 5.32 Å². The van der Waals surface area contributed by atoms with Crippen molar-refractivity contribution in [3.05, 3.63) is 11.1 Å². The van der Waals surface area contributed by atoms with Crippen molar-refractivity contribution in [1.82, 2.24) is 4.98 Å². The summed E-state index contributed by atoms with van der Waals surface area (Å²) in [7, 11) is 0. The van der Waals surface area contributed by atoms with Gasteiger partial charge < -0.3 is 11.1 Å². The van der Waals surface area contributed by atoms with Crippen molar-refractivity contribution in [3.8, 4) is 0 Å². The highest BCUT2D eigenvalue weighted by molar-refractivity contribution is 7.15. The number of aromatic nitrogens is 1. The van der Waals surface area contributed by atoms with E-state index in [4.69, 9.17) is 5.73 Å². The summed E-state index contributed by atoms with van der Waals surface area (Å²) < 4.78 is 0. The van der Waals surface area contributed by atoms with Crippen LogP contribution in [-0.4, -0.2) is 16.9 Å². The second kappa shape index (κ2) is 5.07. The zero-order valence-electron chi connectivity index (χ0n) is 8.41. The molecule has 0 radical (unpaired) electrons. The highest BCUT2D eigenvalue weighted by atomic mass is 32.1. The lowest BCUT2D eigenvalue weighted by atomic mass is 10.2. The molecule has 14 heavy (non-hydrogen) atoms. The van der Waals surface area contributed by atoms with E-state index in [2.05, 4.69) is 17.2 Å². The number of aryl methyl sites for hydroxylation is 1. The van der Waals surface area contributed by atoms with E-state index in [0.717, 1.165) is 11.3 Å². The lowest BCUT2D eigenvalue weighted by Crippen LogP contribution is -2.34. The first kappa shape index (κ1) is 11.1. The van der Waals surface area contributed by atoms with E-state index in [1.807, 2.05) is 6.92 Å². The number of hydrogen-bond donors (Lipinski definition) is 2. The Balaban J connectivity index is 2.56. The molecular formula is C9H15N3OS. The minimum absolute atomic E-state index is 0.162. The zero-order valence-corrected chi connectivity index (χ0v) is 9.23. The summed E-state index contributed by atoms with van der Waals surface area (Å²) in [5.74, 6) is -0.162. The molecule has 1 rings (SSSR count). The van der Waals surface area contributed by atoms with Crippen LogP contribution in [0.15, 0.2) is 6.20 Å². The summed E-state index contributed by atoms with van der Waals surface area (Å²) >= 11 is 1.49. The molecular weight excluding hydrogens is 198 g/mol. The average Bonchev–Trinajstić information content (AvgIpc) is 2.64. The number of rotatable bonds is 4. The maximum atomic E-state index is 11.4. The van der Waals surface area contributed by atoms with Gasteiger partial charge in [-0.05, 0) is 12.8 Å². The molecule has 78 valence electrons. The van der Waals surface area contributed by atoms with E-state index in [1.54, 1.807) is 6.20 Å². The highest BCUT2D eigenvalue weighted by Gasteiger charge is 2.12. The Labute approximate surface area is 87.5 Å². The summed E-state index contributed by atoms with van der Waals surface area (Å²) in [6.07, 6.45) is 3.35. The maximum absolute atomic E-state index is 11.4. The normalized spacial score (nSPS) is 12.5. The molecule has 0 bridgehead atoms. The van der Waals surface area contributed by atoms with Crippen LogP contribution in [0.25, 0.3) is 0 Å². The molecule has 5 heteroatoms. The lowest BCUT2D eigenvalue weighted by Gasteiger charge is -2.06. The average molecular weight is 213 g/mol. The van der Waals surface area contributed by atoms with Crippen molar-refractivity contribution in [2.45, 2.75) is 32.7 Å². The molecule has 3 N–H and O–H groups in total. The van der Waals surface area contributed by atoms with Gasteiger partial charge in [0.05, 0.1) is 6.04 Å². The number of thiazole rings is 1. The number of nitrogens with two attached hydrogens (primary N) is 1. The molecule has 4 nitrogen and oxygen atoms in total. The monoisotopic (exact) mass is 213 g/mol. The van der Waals surface area contributed by atoms with Gasteiger partial charge in [-0.3, -0.25) is 4.79 Å². The van der Waals surface area contributed by atoms with Gasteiger partial charge in [-0.15, -0.1) is 11.3 Å². The summed E-state index contributed by atoms with van der Waals surface area (Å²) in [5, 5.41) is 3.33. The van der Waals surface area contributed by atoms with Gasteiger partial charge in [0.1, 0.15) is 0 Å². The van der Waals surface area contributed by atoms with Crippen molar-refractivity contribution in [1.29, 1.82) is 0 Å². The summed E-state index contributed by atoms with van der Waals surface area (Å²) in [4.78, 5) is 16.6. The Morgan fingerprint density at radius 2 is 2.43 bits per heavy atom. The summed E-state index contributed by atoms with van der Waals surface area (Å²) in [5.41, 5.74) is 5.57. The van der Waals surface area contributed by atoms with E-state index in [-0.39, 0.29) is 5.91 Å². The van der Waals surface area contributed by atoms with Crippen molar-refractivity contribution in [3.63, 3.8) is 0 Å². The number of carbonyl (C=O) groups excluding carboxylic acids is 1. The second-order valence-electron chi connectivity index (χ2n) is 2.99. The number of anilines is 1. The predicted molar refractivity (Wildman–Crippen MR) is 58.4 cm³/mol. The maximum Gasteiger partial charge on any atom is 0.243 e. The first-order chi connectivity index (χ1) is 6.67. The molecule has 0 aliphatic carbocycles. The van der Waals surface area contributed by atoms with Crippen LogP contribution in [0.3, 0.4) is 0 Å². The summed E-state index contributed by atoms with van der Waals surface area (Å²) in [6, 6.07) is -0.441. The first-order valence-electron chi connectivity index (χ1n) is 4.68. The number of hydrogen-bond acceptors (Lipinski definition) is 4. The molecule has 1 aromatic rings. The fraction of sp³-hybridized carbons (Fsp3) is 0.556. The van der Waals surface area contributed by atoms with Crippen LogP contribution in [0.2, 0.25) is 0 Å². The van der Waals surface area contributed by atoms with Gasteiger partial charge in [0.15, 0.2) is 5.13 Å². The third-order valence-electron chi connectivity index (χ3n) is 1.91. The van der Waals surface area contributed by atoms with Crippen LogP contribution in [0, 0.1) is 0 Å². The third-order valence-corrected chi connectivity index (χ3v) is 2.97. The van der Waals surface area contributed by atoms with E-state index in [0.29, 0.717) is 11.6 Å². The standard InChI is InChI=1S/C9H15N3OS/c1-3-6-5-11-9(14-6)12-8(13)7(10)4-2/h5,7H,3-4,10H2,1-2H3,(H,11,12,13). The molecule has 0 fully saturated rings. The minimum atomic E-state index is -0.441. The smallest absolute Gasteiger partial charge is 0.243 e. The van der Waals surface area contributed by atoms with Gasteiger partial charge in [0.2, 0.25) is 5.91 Å². The molecule has 0 saturated heterocycles. The van der Waals surface area contributed by atoms with Crippen LogP contribution in [0.5, 0.6) is 0 Å². The van der Waals surface area contributed by atoms with Crippen LogP contribution in [0.4, 0.5) is 5.13 Å². The van der Waals surface area contributed by atoms with Crippen LogP contribution in [0.1, 0.15) is 25.1 Å². The van der Waals surface area contributed by atoms with Crippen molar-refractivity contribution in [2.24, 2.45) is 5.73 Å². The molecule has 1 heterocycles. The Bertz CT molecular complexity index is 311. The molecule has 1 amide bonds. The minimum Gasteiger partial charge on any atom is -0.320 e. The highest BCUT2D eigenvalue weighted by Crippen LogP contribution is 2.18. The molecule has 1 unspecified atom stereocenters. The Morgan fingerprint density at radius 1 is 1.71 bits per heavy atom. The van der Waals surface area contributed by atoms with Crippen LogP contribution in [-0.2, 0) is 11.2 Å². The van der Waals surface area contributed by atoms with E-state index < -0.39 is 6.04 Å². The molecule has 1 atom stereocenters. The molecule has 0 aliphatic rings. The molecule has 1 aromatic heterocycles. The van der Waals surface area contributed by atoms with Gasteiger partial charge in [-0.1, -0.05) is 13.8 Å². The zero-order chi connectivity index (χ0) is 10.6. The Morgan fingerprint density at radius 3 is 2.93 bits per heavy atom. The molecule has 0 aromatic carbocycles.